The van der Waals surface area contributed by atoms with E-state index < -0.39 is 0 Å². The van der Waals surface area contributed by atoms with Crippen molar-refractivity contribution in [3.8, 4) is 11.3 Å². The highest BCUT2D eigenvalue weighted by Crippen LogP contribution is 2.33. The summed E-state index contributed by atoms with van der Waals surface area (Å²) in [4.78, 5) is 2.77. The molecule has 0 aliphatic heterocycles. The number of aryl methyl sites for hydroxylation is 1. The molecule has 3 aromatic carbocycles. The summed E-state index contributed by atoms with van der Waals surface area (Å²) in [6.45, 7) is 2.91. The fraction of sp³-hybridized carbons (Fsp3) is 0.0952. The van der Waals surface area contributed by atoms with Crippen LogP contribution in [-0.2, 0) is 6.54 Å². The maximum atomic E-state index is 8.58. The molecule has 0 amide bonds. The molecule has 3 N–H and O–H groups in total. The van der Waals surface area contributed by atoms with Gasteiger partial charge < -0.3 is 5.73 Å². The summed E-state index contributed by atoms with van der Waals surface area (Å²) < 4.78 is 2.27. The third-order valence-corrected chi connectivity index (χ3v) is 4.73. The fourth-order valence-corrected chi connectivity index (χ4v) is 3.63. The lowest BCUT2D eigenvalue weighted by molar-refractivity contribution is -0.655. The van der Waals surface area contributed by atoms with Crippen LogP contribution in [0, 0.1) is 0 Å². The molecule has 0 unspecified atom stereocenters. The van der Waals surface area contributed by atoms with E-state index in [1.165, 1.54) is 0 Å². The van der Waals surface area contributed by atoms with E-state index in [-0.39, 0.29) is 0 Å². The van der Waals surface area contributed by atoms with Crippen molar-refractivity contribution in [2.24, 2.45) is 5.22 Å². The lowest BCUT2D eigenvalue weighted by atomic mass is 9.98. The number of hydrogen-bond acceptors (Lipinski definition) is 2. The molecule has 4 aromatic rings. The molecule has 0 aliphatic carbocycles. The Morgan fingerprint density at radius 3 is 2.52 bits per heavy atom. The second kappa shape index (κ2) is 6.86. The zero-order chi connectivity index (χ0) is 18.8. The summed E-state index contributed by atoms with van der Waals surface area (Å²) in [6, 6.07) is 22.3. The molecule has 0 atom stereocenters. The second-order valence-corrected chi connectivity index (χ2v) is 6.30. The van der Waals surface area contributed by atoms with Gasteiger partial charge >= 0.3 is 0 Å². The van der Waals surface area contributed by atoms with E-state index in [1.54, 1.807) is 0 Å². The molecule has 1 heterocycles. The van der Waals surface area contributed by atoms with Crippen LogP contribution in [0.25, 0.3) is 43.4 Å². The smallest absolute Gasteiger partial charge is 0.220 e. The van der Waals surface area contributed by atoms with E-state index in [0.29, 0.717) is 0 Å². The van der Waals surface area contributed by atoms with Crippen LogP contribution in [0.5, 0.6) is 0 Å². The number of nitrogens with two attached hydrogens (primary N) is 1. The average Bonchev–Trinajstić information content (AvgIpc) is 2.71. The molecule has 27 heavy (non-hydrogen) atoms. The summed E-state index contributed by atoms with van der Waals surface area (Å²) in [5.41, 5.74) is 22.2. The van der Waals surface area contributed by atoms with E-state index in [1.807, 2.05) is 48.5 Å². The molecule has 0 bridgehead atoms. The molecule has 0 saturated heterocycles. The van der Waals surface area contributed by atoms with Gasteiger partial charge in [-0.05, 0) is 48.5 Å². The quantitative estimate of drug-likeness (QED) is 0.100. The number of nitrogens with zero attached hydrogens (tertiary/aromatic N) is 4. The van der Waals surface area contributed by atoms with Crippen LogP contribution in [0.2, 0.25) is 0 Å². The van der Waals surface area contributed by atoms with Gasteiger partial charge in [0.25, 0.3) is 0 Å². The van der Waals surface area contributed by atoms with E-state index >= 15 is 0 Å². The van der Waals surface area contributed by atoms with Gasteiger partial charge in [-0.2, -0.15) is 9.48 Å². The Bertz CT molecular complexity index is 1190. The number of anilines is 2. The van der Waals surface area contributed by atoms with Crippen LogP contribution < -0.4 is 15.7 Å². The Balaban J connectivity index is 2.16. The predicted molar refractivity (Wildman–Crippen MR) is 110 cm³/mol. The fourth-order valence-electron chi connectivity index (χ4n) is 3.63. The Kier molecular flexibility index (Phi) is 4.24. The van der Waals surface area contributed by atoms with Gasteiger partial charge in [0.15, 0.2) is 0 Å². The van der Waals surface area contributed by atoms with Crippen molar-refractivity contribution >= 4 is 33.1 Å². The Hall–Kier alpha value is -3.76. The summed E-state index contributed by atoms with van der Waals surface area (Å²) in [5.74, 6) is 0. The van der Waals surface area contributed by atoms with Crippen LogP contribution in [0.4, 0.5) is 11.4 Å². The van der Waals surface area contributed by atoms with Crippen LogP contribution in [0.3, 0.4) is 0 Å². The summed E-state index contributed by atoms with van der Waals surface area (Å²) in [5, 5.41) is 6.84. The van der Waals surface area contributed by atoms with Crippen LogP contribution >= 0.6 is 0 Å². The number of aromatic nitrogens is 1. The predicted octanol–water partition coefficient (Wildman–Crippen LogP) is 5.19. The zero-order valence-corrected chi connectivity index (χ0v) is 14.9. The number of azide groups is 1. The SMILES string of the molecule is CC[n+]1c(-c2ccccc2)c2cc(N)ccc2c2ccc(NN=[N+]=[N-])cc21. The van der Waals surface area contributed by atoms with Crippen molar-refractivity contribution < 1.29 is 4.57 Å². The number of pyridine rings is 1. The molecule has 132 valence electrons. The number of nitrogen functional groups attached to an aromatic ring is 1. The molecule has 1 aromatic heterocycles. The van der Waals surface area contributed by atoms with E-state index in [9.17, 15) is 0 Å². The first-order valence-electron chi connectivity index (χ1n) is 8.77. The normalized spacial score (nSPS) is 10.7. The molecule has 0 aliphatic rings. The Morgan fingerprint density at radius 2 is 1.78 bits per heavy atom. The maximum Gasteiger partial charge on any atom is 0.220 e. The van der Waals surface area contributed by atoms with Crippen molar-refractivity contribution in [3.63, 3.8) is 0 Å². The van der Waals surface area contributed by atoms with Crippen LogP contribution in [-0.4, -0.2) is 0 Å². The molecule has 6 nitrogen and oxygen atoms in total. The highest BCUT2D eigenvalue weighted by atomic mass is 15.4. The monoisotopic (exact) mass is 355 g/mol. The van der Waals surface area contributed by atoms with Crippen LogP contribution in [0.15, 0.2) is 72.0 Å². The number of fused-ring (bicyclic) bond motifs is 3. The van der Waals surface area contributed by atoms with Gasteiger partial charge in [-0.15, -0.1) is 5.53 Å². The van der Waals surface area contributed by atoms with Crippen molar-refractivity contribution in [2.75, 3.05) is 11.2 Å². The average molecular weight is 355 g/mol. The highest BCUT2D eigenvalue weighted by Gasteiger charge is 2.22. The van der Waals surface area contributed by atoms with E-state index in [0.717, 1.165) is 50.9 Å². The van der Waals surface area contributed by atoms with Gasteiger partial charge in [-0.1, -0.05) is 24.3 Å². The van der Waals surface area contributed by atoms with Crippen LogP contribution in [0.1, 0.15) is 6.92 Å². The Morgan fingerprint density at radius 1 is 1.00 bits per heavy atom. The summed E-state index contributed by atoms with van der Waals surface area (Å²) in [6.07, 6.45) is 0. The zero-order valence-electron chi connectivity index (χ0n) is 14.9. The van der Waals surface area contributed by atoms with Gasteiger partial charge in [-0.25, -0.2) is 5.43 Å². The number of benzene rings is 3. The van der Waals surface area contributed by atoms with E-state index in [2.05, 4.69) is 45.3 Å². The van der Waals surface area contributed by atoms with Crippen molar-refractivity contribution in [2.45, 2.75) is 13.5 Å². The Labute approximate surface area is 156 Å². The number of rotatable bonds is 4. The minimum atomic E-state index is 0.739. The first kappa shape index (κ1) is 16.7. The summed E-state index contributed by atoms with van der Waals surface area (Å²) in [7, 11) is 0. The first-order valence-corrected chi connectivity index (χ1v) is 8.77. The highest BCUT2D eigenvalue weighted by molar-refractivity contribution is 6.10. The van der Waals surface area contributed by atoms with Crippen molar-refractivity contribution in [1.29, 1.82) is 0 Å². The molecule has 0 spiro atoms. The van der Waals surface area contributed by atoms with E-state index in [4.69, 9.17) is 11.3 Å². The van der Waals surface area contributed by atoms with Crippen molar-refractivity contribution in [1.82, 2.24) is 0 Å². The molecule has 0 saturated carbocycles. The lowest BCUT2D eigenvalue weighted by Gasteiger charge is -2.12. The number of nitrogens with one attached hydrogen (secondary N) is 1. The van der Waals surface area contributed by atoms with Gasteiger partial charge in [0, 0.05) is 16.6 Å². The lowest BCUT2D eigenvalue weighted by Crippen LogP contribution is -2.36. The van der Waals surface area contributed by atoms with Gasteiger partial charge in [0.2, 0.25) is 11.2 Å². The number of hydrogen-bond donors (Lipinski definition) is 2. The molecule has 6 heteroatoms. The molecule has 4 rings (SSSR count). The van der Waals surface area contributed by atoms with Gasteiger partial charge in [0.1, 0.15) is 12.2 Å². The topological polar surface area (TPSA) is 90.7 Å². The summed E-state index contributed by atoms with van der Waals surface area (Å²) >= 11 is 0. The first-order chi connectivity index (χ1) is 13.2. The standard InChI is InChI=1S/C21H18N6/c1-2-27-20-13-16(24-26-25-23)9-11-18(20)17-10-8-15(22)12-19(17)21(27)14-6-4-3-5-7-14/h3-13H,2,22H2,1H3/p+1. The largest absolute Gasteiger partial charge is 0.399 e. The molecular formula is C21H19N6+. The third-order valence-electron chi connectivity index (χ3n) is 4.73. The maximum absolute atomic E-state index is 8.58. The van der Waals surface area contributed by atoms with Gasteiger partial charge in [0.05, 0.1) is 16.8 Å². The minimum Gasteiger partial charge on any atom is -0.399 e. The van der Waals surface area contributed by atoms with Gasteiger partial charge in [-0.3, -0.25) is 0 Å². The minimum absolute atomic E-state index is 0.739. The molecule has 0 fully saturated rings. The molecular weight excluding hydrogens is 336 g/mol. The van der Waals surface area contributed by atoms with Crippen molar-refractivity contribution in [3.05, 3.63) is 77.2 Å². The molecule has 0 radical (unpaired) electrons. The third kappa shape index (κ3) is 2.88. The second-order valence-electron chi connectivity index (χ2n) is 6.30.